The number of amides is 1. The van der Waals surface area contributed by atoms with Crippen molar-refractivity contribution in [1.29, 1.82) is 0 Å². The summed E-state index contributed by atoms with van der Waals surface area (Å²) in [6.45, 7) is 4.69. The molecule has 0 radical (unpaired) electrons. The molecule has 6 heteroatoms. The minimum Gasteiger partial charge on any atom is -0.379 e. The number of carbonyl (C=O) groups is 2. The van der Waals surface area contributed by atoms with Crippen LogP contribution in [0.1, 0.15) is 22.8 Å². The molecule has 2 heterocycles. The number of carbonyl (C=O) groups excluding carboxylic acids is 2. The van der Waals surface area contributed by atoms with Gasteiger partial charge < -0.3 is 9.84 Å². The molecule has 0 unspecified atom stereocenters. The van der Waals surface area contributed by atoms with Crippen LogP contribution in [0.4, 0.5) is 5.69 Å². The predicted octanol–water partition coefficient (Wildman–Crippen LogP) is 2.03. The lowest BCUT2D eigenvalue weighted by Gasteiger charge is -2.32. The fraction of sp³-hybridized carbons (Fsp3) is 0.364. The number of Topliss-reactive ketones (excluding diaryl/α,β-unsaturated/α-hetero) is 1. The lowest BCUT2D eigenvalue weighted by molar-refractivity contribution is -0.140. The number of morpholine rings is 1. The van der Waals surface area contributed by atoms with Crippen molar-refractivity contribution in [3.05, 3.63) is 65.7 Å². The number of anilines is 1. The first-order valence-corrected chi connectivity index (χ1v) is 9.56. The van der Waals surface area contributed by atoms with Gasteiger partial charge in [0.05, 0.1) is 31.5 Å². The third-order valence-corrected chi connectivity index (χ3v) is 5.70. The number of aliphatic hydroxyl groups is 1. The largest absolute Gasteiger partial charge is 0.379 e. The summed E-state index contributed by atoms with van der Waals surface area (Å²) in [5.74, 6) is -1.60. The van der Waals surface area contributed by atoms with Gasteiger partial charge in [-0.3, -0.25) is 19.4 Å². The predicted molar refractivity (Wildman–Crippen MR) is 105 cm³/mol. The molecule has 2 aromatic carbocycles. The first-order chi connectivity index (χ1) is 13.5. The van der Waals surface area contributed by atoms with Crippen LogP contribution >= 0.6 is 0 Å². The van der Waals surface area contributed by atoms with Crippen molar-refractivity contribution in [3.8, 4) is 0 Å². The van der Waals surface area contributed by atoms with Gasteiger partial charge in [0.1, 0.15) is 0 Å². The second-order valence-corrected chi connectivity index (χ2v) is 7.34. The van der Waals surface area contributed by atoms with Crippen molar-refractivity contribution in [1.82, 2.24) is 4.90 Å². The minimum absolute atomic E-state index is 0.250. The molecule has 0 saturated carbocycles. The molecular weight excluding hydrogens is 356 g/mol. The van der Waals surface area contributed by atoms with Gasteiger partial charge in [-0.2, -0.15) is 0 Å². The molecule has 2 aromatic rings. The molecule has 1 saturated heterocycles. The number of benzene rings is 2. The SMILES string of the molecule is C[C@H](C(=O)c1ccccc1)[C@@]1(O)C(=O)N(CN2CCOCC2)c2ccccc21. The van der Waals surface area contributed by atoms with Gasteiger partial charge in [-0.15, -0.1) is 0 Å². The minimum atomic E-state index is -1.88. The van der Waals surface area contributed by atoms with Crippen LogP contribution in [0.25, 0.3) is 0 Å². The molecule has 1 N–H and O–H groups in total. The van der Waals surface area contributed by atoms with E-state index in [2.05, 4.69) is 4.90 Å². The number of para-hydroxylation sites is 1. The first-order valence-electron chi connectivity index (χ1n) is 9.56. The maximum Gasteiger partial charge on any atom is 0.265 e. The zero-order chi connectivity index (χ0) is 19.7. The Morgan fingerprint density at radius 3 is 2.46 bits per heavy atom. The fourth-order valence-electron chi connectivity index (χ4n) is 4.01. The molecular formula is C22H24N2O4. The van der Waals surface area contributed by atoms with Crippen LogP contribution in [0.5, 0.6) is 0 Å². The highest BCUT2D eigenvalue weighted by Gasteiger charge is 2.55. The third kappa shape index (κ3) is 3.03. The zero-order valence-corrected chi connectivity index (χ0v) is 15.9. The summed E-state index contributed by atoms with van der Waals surface area (Å²) in [5.41, 5.74) is -0.241. The normalized spacial score (nSPS) is 23.5. The smallest absolute Gasteiger partial charge is 0.265 e. The zero-order valence-electron chi connectivity index (χ0n) is 15.9. The number of ether oxygens (including phenoxy) is 1. The lowest BCUT2D eigenvalue weighted by Crippen LogP contribution is -2.51. The maximum absolute atomic E-state index is 13.4. The summed E-state index contributed by atoms with van der Waals surface area (Å²) in [6.07, 6.45) is 0. The Balaban J connectivity index is 1.68. The van der Waals surface area contributed by atoms with Crippen LogP contribution in [0.15, 0.2) is 54.6 Å². The number of rotatable bonds is 5. The van der Waals surface area contributed by atoms with Gasteiger partial charge in [-0.25, -0.2) is 0 Å². The van der Waals surface area contributed by atoms with Crippen molar-refractivity contribution < 1.29 is 19.4 Å². The van der Waals surface area contributed by atoms with E-state index in [4.69, 9.17) is 4.74 Å². The van der Waals surface area contributed by atoms with Crippen molar-refractivity contribution in [2.45, 2.75) is 12.5 Å². The van der Waals surface area contributed by atoms with E-state index in [1.807, 2.05) is 18.2 Å². The van der Waals surface area contributed by atoms with Gasteiger partial charge in [0.2, 0.25) is 0 Å². The Labute approximate surface area is 164 Å². The van der Waals surface area contributed by atoms with E-state index in [1.54, 1.807) is 48.2 Å². The maximum atomic E-state index is 13.4. The van der Waals surface area contributed by atoms with Gasteiger partial charge in [0.25, 0.3) is 5.91 Å². The first kappa shape index (κ1) is 18.8. The molecule has 6 nitrogen and oxygen atoms in total. The molecule has 2 aliphatic rings. The lowest BCUT2D eigenvalue weighted by atomic mass is 9.79. The van der Waals surface area contributed by atoms with E-state index in [0.29, 0.717) is 36.7 Å². The monoisotopic (exact) mass is 380 g/mol. The summed E-state index contributed by atoms with van der Waals surface area (Å²) in [6, 6.07) is 16.0. The van der Waals surface area contributed by atoms with Gasteiger partial charge in [0.15, 0.2) is 11.4 Å². The molecule has 146 valence electrons. The van der Waals surface area contributed by atoms with Gasteiger partial charge in [-0.05, 0) is 6.07 Å². The Bertz CT molecular complexity index is 879. The Morgan fingerprint density at radius 1 is 1.11 bits per heavy atom. The van der Waals surface area contributed by atoms with Gasteiger partial charge >= 0.3 is 0 Å². The number of fused-ring (bicyclic) bond motifs is 1. The second kappa shape index (κ2) is 7.47. The van der Waals surface area contributed by atoms with Crippen molar-refractivity contribution in [2.24, 2.45) is 5.92 Å². The third-order valence-electron chi connectivity index (χ3n) is 5.70. The summed E-state index contributed by atoms with van der Waals surface area (Å²) < 4.78 is 5.38. The summed E-state index contributed by atoms with van der Waals surface area (Å²) >= 11 is 0. The highest BCUT2D eigenvalue weighted by Crippen LogP contribution is 2.45. The van der Waals surface area contributed by atoms with E-state index >= 15 is 0 Å². The van der Waals surface area contributed by atoms with E-state index in [-0.39, 0.29) is 5.78 Å². The molecule has 0 spiro atoms. The van der Waals surface area contributed by atoms with Gasteiger partial charge in [0, 0.05) is 24.2 Å². The van der Waals surface area contributed by atoms with Crippen molar-refractivity contribution >= 4 is 17.4 Å². The molecule has 2 atom stereocenters. The molecule has 28 heavy (non-hydrogen) atoms. The summed E-state index contributed by atoms with van der Waals surface area (Å²) in [5, 5.41) is 11.6. The van der Waals surface area contributed by atoms with E-state index in [1.165, 1.54) is 0 Å². The average Bonchev–Trinajstić information content (AvgIpc) is 2.97. The number of hydrogen-bond acceptors (Lipinski definition) is 5. The molecule has 4 rings (SSSR count). The Kier molecular flexibility index (Phi) is 5.02. The van der Waals surface area contributed by atoms with Crippen LogP contribution in [-0.2, 0) is 15.1 Å². The average molecular weight is 380 g/mol. The van der Waals surface area contributed by atoms with E-state index in [0.717, 1.165) is 13.1 Å². The Hall–Kier alpha value is -2.54. The molecule has 2 aliphatic heterocycles. The molecule has 1 amide bonds. The van der Waals surface area contributed by atoms with Crippen molar-refractivity contribution in [2.75, 3.05) is 37.9 Å². The topological polar surface area (TPSA) is 70.1 Å². The van der Waals surface area contributed by atoms with Crippen LogP contribution in [0.3, 0.4) is 0 Å². The van der Waals surface area contributed by atoms with Crippen LogP contribution < -0.4 is 4.90 Å². The summed E-state index contributed by atoms with van der Waals surface area (Å²) in [4.78, 5) is 30.1. The standard InChI is InChI=1S/C22H24N2O4/c1-16(20(25)17-7-3-2-4-8-17)22(27)18-9-5-6-10-19(18)24(21(22)26)15-23-11-13-28-14-12-23/h2-10,16,27H,11-15H2,1H3/t16-,22+/m1/s1. The Morgan fingerprint density at radius 2 is 1.75 bits per heavy atom. The molecule has 0 bridgehead atoms. The van der Waals surface area contributed by atoms with E-state index in [9.17, 15) is 14.7 Å². The highest BCUT2D eigenvalue weighted by molar-refractivity contribution is 6.11. The van der Waals surface area contributed by atoms with E-state index < -0.39 is 17.4 Å². The number of hydrogen-bond donors (Lipinski definition) is 1. The summed E-state index contributed by atoms with van der Waals surface area (Å²) in [7, 11) is 0. The highest BCUT2D eigenvalue weighted by atomic mass is 16.5. The van der Waals surface area contributed by atoms with Crippen molar-refractivity contribution in [3.63, 3.8) is 0 Å². The molecule has 0 aliphatic carbocycles. The number of ketones is 1. The molecule has 0 aromatic heterocycles. The van der Waals surface area contributed by atoms with Crippen LogP contribution in [0, 0.1) is 5.92 Å². The fourth-order valence-corrected chi connectivity index (χ4v) is 4.01. The van der Waals surface area contributed by atoms with Gasteiger partial charge in [-0.1, -0.05) is 55.5 Å². The van der Waals surface area contributed by atoms with Crippen LogP contribution in [-0.4, -0.2) is 54.7 Å². The second-order valence-electron chi connectivity index (χ2n) is 7.34. The van der Waals surface area contributed by atoms with Crippen LogP contribution in [0.2, 0.25) is 0 Å². The molecule has 1 fully saturated rings. The quantitative estimate of drug-likeness (QED) is 0.804. The number of nitrogens with zero attached hydrogens (tertiary/aromatic N) is 2.